The quantitative estimate of drug-likeness (QED) is 0.562. The van der Waals surface area contributed by atoms with Crippen LogP contribution in [0.2, 0.25) is 0 Å². The van der Waals surface area contributed by atoms with Gasteiger partial charge in [-0.2, -0.15) is 4.98 Å². The SMILES string of the molecule is CCc1cc2c(NCCC3CCCO3)nc(NN)nc2s1. The van der Waals surface area contributed by atoms with Gasteiger partial charge in [-0.3, -0.25) is 5.43 Å². The van der Waals surface area contributed by atoms with Gasteiger partial charge < -0.3 is 10.1 Å². The Labute approximate surface area is 128 Å². The first-order chi connectivity index (χ1) is 10.3. The van der Waals surface area contributed by atoms with Gasteiger partial charge in [0, 0.05) is 18.0 Å². The smallest absolute Gasteiger partial charge is 0.240 e. The lowest BCUT2D eigenvalue weighted by molar-refractivity contribution is 0.107. The summed E-state index contributed by atoms with van der Waals surface area (Å²) in [7, 11) is 0. The minimum Gasteiger partial charge on any atom is -0.378 e. The van der Waals surface area contributed by atoms with Crippen molar-refractivity contribution in [3.05, 3.63) is 10.9 Å². The van der Waals surface area contributed by atoms with Crippen molar-refractivity contribution < 1.29 is 4.74 Å². The molecule has 0 radical (unpaired) electrons. The lowest BCUT2D eigenvalue weighted by atomic mass is 10.2. The van der Waals surface area contributed by atoms with Crippen molar-refractivity contribution in [2.75, 3.05) is 23.9 Å². The molecule has 3 rings (SSSR count). The van der Waals surface area contributed by atoms with E-state index in [2.05, 4.69) is 33.7 Å². The number of hydrazine groups is 1. The van der Waals surface area contributed by atoms with Crippen LogP contribution in [-0.4, -0.2) is 29.2 Å². The van der Waals surface area contributed by atoms with Crippen LogP contribution in [0.3, 0.4) is 0 Å². The molecule has 4 N–H and O–H groups in total. The van der Waals surface area contributed by atoms with Crippen LogP contribution in [-0.2, 0) is 11.2 Å². The first kappa shape index (κ1) is 14.5. The topological polar surface area (TPSA) is 85.1 Å². The van der Waals surface area contributed by atoms with Crippen LogP contribution in [0, 0.1) is 0 Å². The number of fused-ring (bicyclic) bond motifs is 1. The van der Waals surface area contributed by atoms with Gasteiger partial charge >= 0.3 is 0 Å². The monoisotopic (exact) mass is 307 g/mol. The molecule has 6 nitrogen and oxygen atoms in total. The molecule has 3 heterocycles. The fourth-order valence-corrected chi connectivity index (χ4v) is 3.54. The van der Waals surface area contributed by atoms with Crippen molar-refractivity contribution in [3.63, 3.8) is 0 Å². The summed E-state index contributed by atoms with van der Waals surface area (Å²) in [5.41, 5.74) is 2.54. The minimum absolute atomic E-state index is 0.385. The molecule has 1 fully saturated rings. The minimum atomic E-state index is 0.385. The van der Waals surface area contributed by atoms with Gasteiger partial charge in [0.25, 0.3) is 0 Å². The maximum atomic E-state index is 5.64. The number of ether oxygens (including phenoxy) is 1. The normalized spacial score (nSPS) is 18.3. The number of thiophene rings is 1. The first-order valence-corrected chi connectivity index (χ1v) is 8.24. The lowest BCUT2D eigenvalue weighted by Crippen LogP contribution is -2.15. The number of aryl methyl sites for hydroxylation is 1. The van der Waals surface area contributed by atoms with E-state index in [4.69, 9.17) is 10.6 Å². The Morgan fingerprint density at radius 2 is 2.38 bits per heavy atom. The Hall–Kier alpha value is -1.44. The van der Waals surface area contributed by atoms with Crippen LogP contribution >= 0.6 is 11.3 Å². The summed E-state index contributed by atoms with van der Waals surface area (Å²) < 4.78 is 5.64. The molecule has 1 saturated heterocycles. The van der Waals surface area contributed by atoms with E-state index in [1.807, 2.05) is 0 Å². The highest BCUT2D eigenvalue weighted by Gasteiger charge is 2.16. The molecule has 1 unspecified atom stereocenters. The van der Waals surface area contributed by atoms with Gasteiger partial charge in [0.2, 0.25) is 5.95 Å². The van der Waals surface area contributed by atoms with Crippen LogP contribution < -0.4 is 16.6 Å². The van der Waals surface area contributed by atoms with Gasteiger partial charge in [-0.15, -0.1) is 11.3 Å². The molecule has 0 aromatic carbocycles. The van der Waals surface area contributed by atoms with Gasteiger partial charge in [-0.1, -0.05) is 6.92 Å². The largest absolute Gasteiger partial charge is 0.378 e. The summed E-state index contributed by atoms with van der Waals surface area (Å²) in [5, 5.41) is 4.48. The zero-order chi connectivity index (χ0) is 14.7. The van der Waals surface area contributed by atoms with Crippen LogP contribution in [0.4, 0.5) is 11.8 Å². The lowest BCUT2D eigenvalue weighted by Gasteiger charge is -2.11. The molecule has 21 heavy (non-hydrogen) atoms. The molecule has 0 aliphatic carbocycles. The maximum absolute atomic E-state index is 5.64. The highest BCUT2D eigenvalue weighted by molar-refractivity contribution is 7.18. The van der Waals surface area contributed by atoms with Crippen molar-refractivity contribution >= 4 is 33.3 Å². The van der Waals surface area contributed by atoms with Crippen molar-refractivity contribution in [1.29, 1.82) is 0 Å². The Morgan fingerprint density at radius 3 is 3.10 bits per heavy atom. The Balaban J connectivity index is 1.76. The first-order valence-electron chi connectivity index (χ1n) is 7.42. The second-order valence-electron chi connectivity index (χ2n) is 5.18. The fraction of sp³-hybridized carbons (Fsp3) is 0.571. The highest BCUT2D eigenvalue weighted by Crippen LogP contribution is 2.30. The molecule has 0 amide bonds. The fourth-order valence-electron chi connectivity index (χ4n) is 2.57. The van der Waals surface area contributed by atoms with Crippen molar-refractivity contribution in [3.8, 4) is 0 Å². The summed E-state index contributed by atoms with van der Waals surface area (Å²) >= 11 is 1.69. The van der Waals surface area contributed by atoms with Gasteiger partial charge in [-0.25, -0.2) is 10.8 Å². The molecule has 7 heteroatoms. The number of hydrogen-bond acceptors (Lipinski definition) is 7. The van der Waals surface area contributed by atoms with Crippen molar-refractivity contribution in [2.45, 2.75) is 38.7 Å². The number of nitrogens with two attached hydrogens (primary N) is 1. The number of nitrogen functional groups attached to an aromatic ring is 1. The summed E-state index contributed by atoms with van der Waals surface area (Å²) in [4.78, 5) is 11.1. The third-order valence-electron chi connectivity index (χ3n) is 3.70. The van der Waals surface area contributed by atoms with E-state index in [1.165, 1.54) is 11.3 Å². The summed E-state index contributed by atoms with van der Waals surface area (Å²) in [6.07, 6.45) is 4.72. The zero-order valence-electron chi connectivity index (χ0n) is 12.2. The molecule has 1 aliphatic heterocycles. The van der Waals surface area contributed by atoms with E-state index < -0.39 is 0 Å². The average Bonchev–Trinajstić information content (AvgIpc) is 3.15. The van der Waals surface area contributed by atoms with Gasteiger partial charge in [0.1, 0.15) is 10.6 Å². The third kappa shape index (κ3) is 3.25. The molecule has 1 aliphatic rings. The highest BCUT2D eigenvalue weighted by atomic mass is 32.1. The molecule has 0 bridgehead atoms. The van der Waals surface area contributed by atoms with Crippen LogP contribution in [0.1, 0.15) is 31.1 Å². The number of rotatable bonds is 6. The summed E-state index contributed by atoms with van der Waals surface area (Å²) in [6.45, 7) is 3.89. The molecule has 2 aromatic rings. The summed E-state index contributed by atoms with van der Waals surface area (Å²) in [5.74, 6) is 6.76. The van der Waals surface area contributed by atoms with Gasteiger partial charge in [-0.05, 0) is 31.7 Å². The number of aromatic nitrogens is 2. The second kappa shape index (κ2) is 6.55. The predicted octanol–water partition coefficient (Wildman–Crippen LogP) is 2.52. The number of hydrogen-bond donors (Lipinski definition) is 3. The second-order valence-corrected chi connectivity index (χ2v) is 6.29. The Morgan fingerprint density at radius 1 is 1.48 bits per heavy atom. The van der Waals surface area contributed by atoms with Crippen molar-refractivity contribution in [2.24, 2.45) is 5.84 Å². The van der Waals surface area contributed by atoms with Crippen molar-refractivity contribution in [1.82, 2.24) is 9.97 Å². The zero-order valence-corrected chi connectivity index (χ0v) is 13.0. The molecular weight excluding hydrogens is 286 g/mol. The van der Waals surface area contributed by atoms with E-state index >= 15 is 0 Å². The number of nitrogens with zero attached hydrogens (tertiary/aromatic N) is 2. The number of anilines is 2. The standard InChI is InChI=1S/C14H21N5OS/c1-2-10-8-11-12(16-6-5-9-4-3-7-20-9)17-14(19-15)18-13(11)21-10/h8-9H,2-7,15H2,1H3,(H2,16,17,18,19). The third-order valence-corrected chi connectivity index (χ3v) is 4.88. The van der Waals surface area contributed by atoms with E-state index in [9.17, 15) is 0 Å². The van der Waals surface area contributed by atoms with E-state index in [0.29, 0.717) is 12.1 Å². The Bertz CT molecular complexity index is 609. The Kier molecular flexibility index (Phi) is 4.52. The van der Waals surface area contributed by atoms with E-state index in [-0.39, 0.29) is 0 Å². The predicted molar refractivity (Wildman–Crippen MR) is 86.7 cm³/mol. The van der Waals surface area contributed by atoms with Crippen LogP contribution in [0.25, 0.3) is 10.2 Å². The van der Waals surface area contributed by atoms with E-state index in [0.717, 1.165) is 48.4 Å². The molecule has 114 valence electrons. The molecule has 0 saturated carbocycles. The van der Waals surface area contributed by atoms with Crippen LogP contribution in [0.15, 0.2) is 6.07 Å². The van der Waals surface area contributed by atoms with Gasteiger partial charge in [0.05, 0.1) is 11.5 Å². The average molecular weight is 307 g/mol. The summed E-state index contributed by atoms with van der Waals surface area (Å²) in [6, 6.07) is 2.16. The maximum Gasteiger partial charge on any atom is 0.240 e. The van der Waals surface area contributed by atoms with E-state index in [1.54, 1.807) is 11.3 Å². The molecule has 1 atom stereocenters. The molecule has 0 spiro atoms. The molecular formula is C14H21N5OS. The molecule has 2 aromatic heterocycles. The number of nitrogens with one attached hydrogen (secondary N) is 2. The van der Waals surface area contributed by atoms with Gasteiger partial charge in [0.15, 0.2) is 0 Å². The van der Waals surface area contributed by atoms with Crippen LogP contribution in [0.5, 0.6) is 0 Å².